The quantitative estimate of drug-likeness (QED) is 0.159. The highest BCUT2D eigenvalue weighted by atomic mass is 28.2. The van der Waals surface area contributed by atoms with Gasteiger partial charge in [0.1, 0.15) is 17.7 Å². The summed E-state index contributed by atoms with van der Waals surface area (Å²) in [6, 6.07) is 26.3. The van der Waals surface area contributed by atoms with Crippen LogP contribution < -0.4 is 15.6 Å². The van der Waals surface area contributed by atoms with Crippen LogP contribution in [0.1, 0.15) is 23.6 Å². The van der Waals surface area contributed by atoms with E-state index in [1.54, 1.807) is 42.7 Å². The van der Waals surface area contributed by atoms with E-state index in [4.69, 9.17) is 28.4 Å². The molecule has 3 aromatic carbocycles. The normalized spacial score (nSPS) is 12.2. The van der Waals surface area contributed by atoms with Crippen LogP contribution in [0.15, 0.2) is 72.8 Å². The van der Waals surface area contributed by atoms with Gasteiger partial charge in [0.15, 0.2) is 28.6 Å². The van der Waals surface area contributed by atoms with E-state index in [0.717, 1.165) is 0 Å². The Morgan fingerprint density at radius 3 is 0.816 bits per heavy atom. The van der Waals surface area contributed by atoms with Gasteiger partial charge < -0.3 is 28.4 Å². The number of rotatable bonds is 15. The lowest BCUT2D eigenvalue weighted by Gasteiger charge is -2.32. The van der Waals surface area contributed by atoms with Crippen LogP contribution in [-0.4, -0.2) is 89.0 Å². The van der Waals surface area contributed by atoms with Crippen LogP contribution in [-0.2, 0) is 33.8 Å². The Hall–Kier alpha value is -1.93. The van der Waals surface area contributed by atoms with E-state index in [-0.39, 0.29) is 23.2 Å². The number of benzene rings is 3. The smallest absolute Gasteiger partial charge is 0.157 e. The summed E-state index contributed by atoms with van der Waals surface area (Å²) in [5.74, 6) is -0.708. The molecule has 0 unspecified atom stereocenters. The summed E-state index contributed by atoms with van der Waals surface area (Å²) in [6.07, 6.45) is 0. The summed E-state index contributed by atoms with van der Waals surface area (Å²) < 4.78 is 32.4. The zero-order valence-electron chi connectivity index (χ0n) is 23.1. The number of methoxy groups -OCH3 is 6. The molecule has 9 heteroatoms. The summed E-state index contributed by atoms with van der Waals surface area (Å²) in [7, 11) is 11.3. The Morgan fingerprint density at radius 2 is 0.632 bits per heavy atom. The lowest BCUT2D eigenvalue weighted by molar-refractivity contribution is -0.0430. The topological polar surface area (TPSA) is 55.4 Å². The van der Waals surface area contributed by atoms with Gasteiger partial charge in [-0.1, -0.05) is 88.4 Å². The van der Waals surface area contributed by atoms with E-state index in [2.05, 4.69) is 79.7 Å². The van der Waals surface area contributed by atoms with Gasteiger partial charge in [-0.25, -0.2) is 0 Å². The van der Waals surface area contributed by atoms with Crippen molar-refractivity contribution < 1.29 is 28.4 Å². The average molecular weight is 565 g/mol. The van der Waals surface area contributed by atoms with Gasteiger partial charge in [0.2, 0.25) is 0 Å². The van der Waals surface area contributed by atoms with Crippen molar-refractivity contribution in [3.63, 3.8) is 0 Å². The minimum atomic E-state index is -0.364. The second kappa shape index (κ2) is 15.0. The predicted octanol–water partition coefficient (Wildman–Crippen LogP) is 1.76. The van der Waals surface area contributed by atoms with Crippen molar-refractivity contribution in [1.29, 1.82) is 0 Å². The fraction of sp³-hybridized carbons (Fsp3) is 0.379. The van der Waals surface area contributed by atoms with Crippen LogP contribution in [0.3, 0.4) is 0 Å². The third-order valence-corrected chi connectivity index (χ3v) is 10.6. The predicted molar refractivity (Wildman–Crippen MR) is 154 cm³/mol. The summed E-state index contributed by atoms with van der Waals surface area (Å²) in [6.45, 7) is 2.28. The molecule has 6 radical (unpaired) electrons. The van der Waals surface area contributed by atoms with Gasteiger partial charge in [0.05, 0.1) is 0 Å². The fourth-order valence-electron chi connectivity index (χ4n) is 4.25. The second-order valence-corrected chi connectivity index (χ2v) is 12.7. The average Bonchev–Trinajstić information content (AvgIpc) is 2.97. The molecule has 0 spiro atoms. The molecule has 0 saturated heterocycles. The largest absolute Gasteiger partial charge is 0.360 e. The third kappa shape index (κ3) is 7.59. The van der Waals surface area contributed by atoms with Crippen LogP contribution in [0.25, 0.3) is 0 Å². The van der Waals surface area contributed by atoms with Crippen LogP contribution in [0.2, 0.25) is 0 Å². The maximum Gasteiger partial charge on any atom is 0.157 e. The maximum atomic E-state index is 5.40. The highest BCUT2D eigenvalue weighted by Gasteiger charge is 2.31. The van der Waals surface area contributed by atoms with Crippen molar-refractivity contribution in [1.82, 2.24) is 0 Å². The standard InChI is InChI=1S/C29H36O6Si3/c1-29(20-8-14-23(15-9-20)36-26(30-2)31-3,21-10-16-24(17-11-21)37-27(32-4)33-5)22-12-18-25(19-13-22)38-28(34-6)35-7/h8-19,26-28H,1-7H3. The fourth-order valence-corrected chi connectivity index (χ4v) is 6.85. The van der Waals surface area contributed by atoms with Crippen molar-refractivity contribution in [3.05, 3.63) is 89.5 Å². The van der Waals surface area contributed by atoms with Gasteiger partial charge >= 0.3 is 0 Å². The Labute approximate surface area is 234 Å². The van der Waals surface area contributed by atoms with Crippen molar-refractivity contribution >= 4 is 44.1 Å². The van der Waals surface area contributed by atoms with E-state index < -0.39 is 0 Å². The van der Waals surface area contributed by atoms with Gasteiger partial charge in [-0.3, -0.25) is 0 Å². The van der Waals surface area contributed by atoms with Crippen LogP contribution >= 0.6 is 0 Å². The SMILES string of the molecule is COC(OC)[Si]c1ccc(C(C)(c2ccc([Si]C(OC)OC)cc2)c2ccc([Si]C(OC)OC)cc2)cc1. The maximum absolute atomic E-state index is 5.40. The zero-order chi connectivity index (χ0) is 27.5. The van der Waals surface area contributed by atoms with E-state index in [1.807, 2.05) is 0 Å². The highest BCUT2D eigenvalue weighted by Crippen LogP contribution is 2.38. The molecule has 0 aliphatic heterocycles. The van der Waals surface area contributed by atoms with Gasteiger partial charge in [-0.05, 0) is 23.6 Å². The molecule has 0 atom stereocenters. The molecule has 0 aromatic heterocycles. The molecule has 0 amide bonds. The molecule has 6 nitrogen and oxygen atoms in total. The monoisotopic (exact) mass is 564 g/mol. The molecular weight excluding hydrogens is 529 g/mol. The Balaban J connectivity index is 1.99. The molecule has 0 bridgehead atoms. The molecule has 0 aliphatic carbocycles. The molecule has 0 fully saturated rings. The first-order valence-electron chi connectivity index (χ1n) is 12.2. The van der Waals surface area contributed by atoms with Gasteiger partial charge in [-0.15, -0.1) is 0 Å². The van der Waals surface area contributed by atoms with Gasteiger partial charge in [-0.2, -0.15) is 0 Å². The molecule has 38 heavy (non-hydrogen) atoms. The van der Waals surface area contributed by atoms with Crippen molar-refractivity contribution in [2.75, 3.05) is 42.7 Å². The second-order valence-electron chi connectivity index (χ2n) is 8.70. The molecule has 0 aliphatic rings. The van der Waals surface area contributed by atoms with Gasteiger partial charge in [0.25, 0.3) is 0 Å². The molecule has 0 N–H and O–H groups in total. The van der Waals surface area contributed by atoms with E-state index in [0.29, 0.717) is 28.6 Å². The van der Waals surface area contributed by atoms with E-state index in [1.165, 1.54) is 32.3 Å². The summed E-state index contributed by atoms with van der Waals surface area (Å²) in [5, 5.41) is 3.56. The Bertz CT molecular complexity index is 941. The molecule has 0 heterocycles. The number of hydrogen-bond acceptors (Lipinski definition) is 6. The van der Waals surface area contributed by atoms with Crippen molar-refractivity contribution in [2.45, 2.75) is 30.1 Å². The molecule has 0 saturated carbocycles. The summed E-state index contributed by atoms with van der Waals surface area (Å²) in [4.78, 5) is 0. The molecule has 3 aromatic rings. The van der Waals surface area contributed by atoms with Crippen LogP contribution in [0.5, 0.6) is 0 Å². The molecular formula is C29H36O6Si3. The third-order valence-electron chi connectivity index (χ3n) is 6.52. The van der Waals surface area contributed by atoms with Crippen molar-refractivity contribution in [3.8, 4) is 0 Å². The Kier molecular flexibility index (Phi) is 12.1. The highest BCUT2D eigenvalue weighted by molar-refractivity contribution is 6.55. The van der Waals surface area contributed by atoms with E-state index >= 15 is 0 Å². The van der Waals surface area contributed by atoms with Crippen molar-refractivity contribution in [2.24, 2.45) is 0 Å². The van der Waals surface area contributed by atoms with Crippen LogP contribution in [0.4, 0.5) is 0 Å². The first-order valence-corrected chi connectivity index (χ1v) is 15.4. The number of ether oxygens (including phenoxy) is 6. The van der Waals surface area contributed by atoms with E-state index in [9.17, 15) is 0 Å². The minimum Gasteiger partial charge on any atom is -0.360 e. The lowest BCUT2D eigenvalue weighted by Crippen LogP contribution is -2.33. The lowest BCUT2D eigenvalue weighted by atomic mass is 9.71. The first kappa shape index (κ1) is 30.6. The van der Waals surface area contributed by atoms with Gasteiger partial charge in [0, 0.05) is 48.1 Å². The van der Waals surface area contributed by atoms with Crippen LogP contribution in [0, 0.1) is 0 Å². The Morgan fingerprint density at radius 1 is 0.421 bits per heavy atom. The minimum absolute atomic E-state index is 0.236. The zero-order valence-corrected chi connectivity index (χ0v) is 26.1. The molecule has 200 valence electrons. The first-order chi connectivity index (χ1) is 18.4. The summed E-state index contributed by atoms with van der Waals surface area (Å²) >= 11 is 0. The number of hydrogen-bond donors (Lipinski definition) is 0. The molecule has 3 rings (SSSR count). The summed E-state index contributed by atoms with van der Waals surface area (Å²) in [5.41, 5.74) is 3.26.